The van der Waals surface area contributed by atoms with Crippen molar-refractivity contribution in [2.75, 3.05) is 13.7 Å². The van der Waals surface area contributed by atoms with Crippen molar-refractivity contribution in [3.05, 3.63) is 42.0 Å². The topological polar surface area (TPSA) is 29.5 Å². The Labute approximate surface area is 113 Å². The van der Waals surface area contributed by atoms with E-state index in [0.717, 1.165) is 18.6 Å². The molecule has 1 aromatic carbocycles. The highest BCUT2D eigenvalue weighted by atomic mass is 16.5. The first-order valence-electron chi connectivity index (χ1n) is 6.79. The lowest BCUT2D eigenvalue weighted by atomic mass is 9.80. The summed E-state index contributed by atoms with van der Waals surface area (Å²) in [4.78, 5) is 14.1. The summed E-state index contributed by atoms with van der Waals surface area (Å²) in [6.07, 6.45) is 4.38. The second-order valence-corrected chi connectivity index (χ2v) is 5.37. The Hall–Kier alpha value is -1.77. The highest BCUT2D eigenvalue weighted by Gasteiger charge is 2.42. The van der Waals surface area contributed by atoms with E-state index in [9.17, 15) is 4.79 Å². The number of fused-ring (bicyclic) bond motifs is 2. The number of amides is 1. The minimum atomic E-state index is 0.265. The van der Waals surface area contributed by atoms with Crippen LogP contribution in [-0.4, -0.2) is 30.5 Å². The summed E-state index contributed by atoms with van der Waals surface area (Å²) >= 11 is 0. The zero-order valence-electron chi connectivity index (χ0n) is 11.3. The number of hydrogen-bond donors (Lipinski definition) is 0. The third-order valence-electron chi connectivity index (χ3n) is 4.37. The van der Waals surface area contributed by atoms with Gasteiger partial charge in [0, 0.05) is 19.0 Å². The smallest absolute Gasteiger partial charge is 0.223 e. The zero-order valence-corrected chi connectivity index (χ0v) is 11.3. The van der Waals surface area contributed by atoms with Crippen molar-refractivity contribution in [2.24, 2.45) is 5.92 Å². The van der Waals surface area contributed by atoms with E-state index in [1.807, 2.05) is 23.1 Å². The van der Waals surface area contributed by atoms with Gasteiger partial charge in [-0.15, -0.1) is 6.58 Å². The van der Waals surface area contributed by atoms with Gasteiger partial charge in [0.25, 0.3) is 0 Å². The summed E-state index contributed by atoms with van der Waals surface area (Å²) in [5.41, 5.74) is 2.61. The van der Waals surface area contributed by atoms with Crippen LogP contribution in [0.1, 0.15) is 17.5 Å². The lowest BCUT2D eigenvalue weighted by Gasteiger charge is -2.33. The van der Waals surface area contributed by atoms with Crippen molar-refractivity contribution in [3.8, 4) is 5.75 Å². The molecular weight excluding hydrogens is 238 g/mol. The van der Waals surface area contributed by atoms with Crippen LogP contribution in [0.4, 0.5) is 0 Å². The molecule has 2 atom stereocenters. The molecule has 1 fully saturated rings. The summed E-state index contributed by atoms with van der Waals surface area (Å²) in [5, 5.41) is 0. The molecule has 1 amide bonds. The molecule has 1 aromatic rings. The molecule has 1 aliphatic carbocycles. The monoisotopic (exact) mass is 257 g/mol. The number of hydrogen-bond acceptors (Lipinski definition) is 2. The Balaban J connectivity index is 1.95. The Morgan fingerprint density at radius 1 is 1.42 bits per heavy atom. The molecule has 3 heteroatoms. The van der Waals surface area contributed by atoms with E-state index in [-0.39, 0.29) is 5.91 Å². The van der Waals surface area contributed by atoms with Crippen molar-refractivity contribution >= 4 is 5.91 Å². The number of benzene rings is 1. The minimum Gasteiger partial charge on any atom is -0.496 e. The standard InChI is InChI=1S/C16H19NO2/c1-3-7-17-14-10-13-11(5-4-6-15(13)19-2)8-12(14)9-16(17)18/h3-6,12,14H,1,7-10H2,2H3/t12-,14-/m1/s1. The van der Waals surface area contributed by atoms with Crippen LogP contribution in [0.15, 0.2) is 30.9 Å². The van der Waals surface area contributed by atoms with E-state index in [1.165, 1.54) is 11.1 Å². The van der Waals surface area contributed by atoms with E-state index >= 15 is 0 Å². The van der Waals surface area contributed by atoms with Crippen LogP contribution in [-0.2, 0) is 17.6 Å². The molecule has 19 heavy (non-hydrogen) atoms. The van der Waals surface area contributed by atoms with Gasteiger partial charge in [-0.1, -0.05) is 18.2 Å². The van der Waals surface area contributed by atoms with Crippen LogP contribution in [0.2, 0.25) is 0 Å². The molecular formula is C16H19NO2. The van der Waals surface area contributed by atoms with Gasteiger partial charge in [0.2, 0.25) is 5.91 Å². The van der Waals surface area contributed by atoms with Crippen molar-refractivity contribution in [1.29, 1.82) is 0 Å². The molecule has 100 valence electrons. The fourth-order valence-corrected chi connectivity index (χ4v) is 3.50. The summed E-state index contributed by atoms with van der Waals surface area (Å²) in [6, 6.07) is 6.52. The quantitative estimate of drug-likeness (QED) is 0.777. The fraction of sp³-hybridized carbons (Fsp3) is 0.438. The predicted molar refractivity (Wildman–Crippen MR) is 74.2 cm³/mol. The van der Waals surface area contributed by atoms with Crippen LogP contribution in [0.25, 0.3) is 0 Å². The van der Waals surface area contributed by atoms with Gasteiger partial charge in [0.15, 0.2) is 0 Å². The molecule has 3 nitrogen and oxygen atoms in total. The molecule has 0 saturated carbocycles. The van der Waals surface area contributed by atoms with Crippen LogP contribution < -0.4 is 4.74 Å². The van der Waals surface area contributed by atoms with E-state index in [4.69, 9.17) is 4.74 Å². The van der Waals surface area contributed by atoms with Gasteiger partial charge in [-0.05, 0) is 36.0 Å². The lowest BCUT2D eigenvalue weighted by molar-refractivity contribution is -0.128. The maximum atomic E-state index is 12.1. The first-order valence-corrected chi connectivity index (χ1v) is 6.79. The Morgan fingerprint density at radius 2 is 2.26 bits per heavy atom. The first kappa shape index (κ1) is 12.3. The molecule has 1 aliphatic heterocycles. The molecule has 3 rings (SSSR count). The van der Waals surface area contributed by atoms with Crippen LogP contribution >= 0.6 is 0 Å². The number of methoxy groups -OCH3 is 1. The number of likely N-dealkylation sites (tertiary alicyclic amines) is 1. The predicted octanol–water partition coefficient (Wildman–Crippen LogP) is 2.20. The molecule has 1 heterocycles. The molecule has 0 radical (unpaired) electrons. The van der Waals surface area contributed by atoms with Gasteiger partial charge in [-0.3, -0.25) is 4.79 Å². The Morgan fingerprint density at radius 3 is 3.00 bits per heavy atom. The highest BCUT2D eigenvalue weighted by Crippen LogP contribution is 2.39. The van der Waals surface area contributed by atoms with Gasteiger partial charge in [0.05, 0.1) is 7.11 Å². The highest BCUT2D eigenvalue weighted by molar-refractivity contribution is 5.80. The second-order valence-electron chi connectivity index (χ2n) is 5.37. The van der Waals surface area contributed by atoms with Crippen LogP contribution in [0, 0.1) is 5.92 Å². The Bertz CT molecular complexity index is 523. The first-order chi connectivity index (χ1) is 9.24. The molecule has 1 saturated heterocycles. The van der Waals surface area contributed by atoms with Crippen LogP contribution in [0.5, 0.6) is 5.75 Å². The van der Waals surface area contributed by atoms with E-state index < -0.39 is 0 Å². The van der Waals surface area contributed by atoms with Gasteiger partial charge >= 0.3 is 0 Å². The molecule has 0 N–H and O–H groups in total. The molecule has 0 unspecified atom stereocenters. The zero-order chi connectivity index (χ0) is 13.4. The molecule has 0 aromatic heterocycles. The Kier molecular flexibility index (Phi) is 3.05. The number of carbonyl (C=O) groups is 1. The van der Waals surface area contributed by atoms with Gasteiger partial charge in [-0.2, -0.15) is 0 Å². The average Bonchev–Trinajstić information content (AvgIpc) is 2.72. The molecule has 2 aliphatic rings. The summed E-state index contributed by atoms with van der Waals surface area (Å²) in [7, 11) is 1.71. The molecule has 0 spiro atoms. The SMILES string of the molecule is C=CCN1C(=O)C[C@H]2Cc3cccc(OC)c3C[C@H]21. The number of rotatable bonds is 3. The fourth-order valence-electron chi connectivity index (χ4n) is 3.50. The third kappa shape index (κ3) is 1.93. The summed E-state index contributed by atoms with van der Waals surface area (Å²) in [5.74, 6) is 1.67. The second kappa shape index (κ2) is 4.72. The average molecular weight is 257 g/mol. The van der Waals surface area contributed by atoms with Gasteiger partial charge in [-0.25, -0.2) is 0 Å². The van der Waals surface area contributed by atoms with Crippen molar-refractivity contribution < 1.29 is 9.53 Å². The van der Waals surface area contributed by atoms with E-state index in [0.29, 0.717) is 24.9 Å². The number of carbonyl (C=O) groups excluding carboxylic acids is 1. The maximum absolute atomic E-state index is 12.1. The van der Waals surface area contributed by atoms with Crippen molar-refractivity contribution in [3.63, 3.8) is 0 Å². The van der Waals surface area contributed by atoms with E-state index in [2.05, 4.69) is 12.6 Å². The van der Waals surface area contributed by atoms with Crippen molar-refractivity contribution in [1.82, 2.24) is 4.90 Å². The van der Waals surface area contributed by atoms with Gasteiger partial charge < -0.3 is 9.64 Å². The van der Waals surface area contributed by atoms with Crippen LogP contribution in [0.3, 0.4) is 0 Å². The lowest BCUT2D eigenvalue weighted by Crippen LogP contribution is -2.39. The number of ether oxygens (including phenoxy) is 1. The molecule has 0 bridgehead atoms. The maximum Gasteiger partial charge on any atom is 0.223 e. The minimum absolute atomic E-state index is 0.265. The normalized spacial score (nSPS) is 24.9. The number of nitrogens with zero attached hydrogens (tertiary/aromatic N) is 1. The van der Waals surface area contributed by atoms with Gasteiger partial charge in [0.1, 0.15) is 5.75 Å². The third-order valence-corrected chi connectivity index (χ3v) is 4.37. The largest absolute Gasteiger partial charge is 0.496 e. The van der Waals surface area contributed by atoms with E-state index in [1.54, 1.807) is 7.11 Å². The van der Waals surface area contributed by atoms with Crippen molar-refractivity contribution in [2.45, 2.75) is 25.3 Å². The summed E-state index contributed by atoms with van der Waals surface area (Å²) < 4.78 is 5.46. The summed E-state index contributed by atoms with van der Waals surface area (Å²) in [6.45, 7) is 4.41.